The molecule has 3 aromatic rings. The second-order valence-corrected chi connectivity index (χ2v) is 9.39. The molecule has 2 fully saturated rings. The third-order valence-electron chi connectivity index (χ3n) is 6.98. The first kappa shape index (κ1) is 21.7. The van der Waals surface area contributed by atoms with Crippen LogP contribution in [0.2, 0.25) is 0 Å². The Morgan fingerprint density at radius 3 is 2.51 bits per heavy atom. The van der Waals surface area contributed by atoms with Gasteiger partial charge in [0.1, 0.15) is 0 Å². The monoisotopic (exact) mass is 470 g/mol. The van der Waals surface area contributed by atoms with E-state index in [0.29, 0.717) is 49.2 Å². The van der Waals surface area contributed by atoms with Crippen LogP contribution in [0, 0.1) is 0 Å². The smallest absolute Gasteiger partial charge is 0.254 e. The van der Waals surface area contributed by atoms with Gasteiger partial charge < -0.3 is 19.9 Å². The third-order valence-corrected chi connectivity index (χ3v) is 6.98. The molecule has 1 saturated heterocycles. The largest absolute Gasteiger partial charge is 0.378 e. The van der Waals surface area contributed by atoms with Crippen molar-refractivity contribution in [1.29, 1.82) is 0 Å². The Kier molecular flexibility index (Phi) is 5.21. The fourth-order valence-corrected chi connectivity index (χ4v) is 4.98. The average molecular weight is 471 g/mol. The first-order valence-corrected chi connectivity index (χ1v) is 11.9. The van der Waals surface area contributed by atoms with Crippen molar-refractivity contribution in [2.45, 2.75) is 25.2 Å². The number of anilines is 3. The Morgan fingerprint density at radius 1 is 1.03 bits per heavy atom. The number of carbonyl (C=O) groups excluding carboxylic acids is 2. The van der Waals surface area contributed by atoms with E-state index < -0.39 is 0 Å². The Morgan fingerprint density at radius 2 is 1.80 bits per heavy atom. The Balaban J connectivity index is 1.29. The number of morpholine rings is 1. The maximum atomic E-state index is 13.1. The van der Waals surface area contributed by atoms with Gasteiger partial charge in [0.15, 0.2) is 0 Å². The molecular formula is C26H26N6O3. The number of nitrogens with one attached hydrogen (secondary N) is 1. The van der Waals surface area contributed by atoms with E-state index in [9.17, 15) is 9.59 Å². The van der Waals surface area contributed by atoms with E-state index in [1.54, 1.807) is 30.7 Å². The van der Waals surface area contributed by atoms with Gasteiger partial charge >= 0.3 is 0 Å². The number of hydrogen-bond donors (Lipinski definition) is 1. The van der Waals surface area contributed by atoms with Crippen molar-refractivity contribution in [1.82, 2.24) is 19.9 Å². The van der Waals surface area contributed by atoms with E-state index in [2.05, 4.69) is 31.2 Å². The number of nitrogens with zero attached hydrogens (tertiary/aromatic N) is 5. The summed E-state index contributed by atoms with van der Waals surface area (Å²) in [5, 5.41) is 2.77. The highest BCUT2D eigenvalue weighted by Crippen LogP contribution is 2.57. The van der Waals surface area contributed by atoms with Crippen LogP contribution in [0.3, 0.4) is 0 Å². The second-order valence-electron chi connectivity index (χ2n) is 9.39. The van der Waals surface area contributed by atoms with E-state index in [1.807, 2.05) is 17.0 Å². The molecular weight excluding hydrogens is 444 g/mol. The number of amides is 2. The minimum absolute atomic E-state index is 0.0363. The SMILES string of the molecule is CC(=O)Nc1ccnc(-c2cnc(N3CC4(CC4)c4ccc(C(=O)N5CCOCC5)cc43)nc2)c1. The summed E-state index contributed by atoms with van der Waals surface area (Å²) < 4.78 is 5.39. The van der Waals surface area contributed by atoms with E-state index in [0.717, 1.165) is 30.6 Å². The lowest BCUT2D eigenvalue weighted by Gasteiger charge is -2.27. The molecule has 1 aromatic carbocycles. The van der Waals surface area contributed by atoms with Crippen LogP contribution >= 0.6 is 0 Å². The minimum atomic E-state index is -0.137. The number of fused-ring (bicyclic) bond motifs is 2. The van der Waals surface area contributed by atoms with E-state index in [-0.39, 0.29) is 17.2 Å². The van der Waals surface area contributed by atoms with Crippen molar-refractivity contribution in [3.8, 4) is 11.3 Å². The predicted octanol–water partition coefficient (Wildman–Crippen LogP) is 3.15. The maximum Gasteiger partial charge on any atom is 0.254 e. The zero-order valence-electron chi connectivity index (χ0n) is 19.5. The van der Waals surface area contributed by atoms with Gasteiger partial charge in [0, 0.05) is 73.1 Å². The van der Waals surface area contributed by atoms with Crippen molar-refractivity contribution >= 4 is 29.1 Å². The molecule has 178 valence electrons. The first-order valence-electron chi connectivity index (χ1n) is 11.9. The lowest BCUT2D eigenvalue weighted by atomic mass is 9.97. The summed E-state index contributed by atoms with van der Waals surface area (Å²) in [6.45, 7) is 4.67. The van der Waals surface area contributed by atoms with E-state index in [4.69, 9.17) is 4.74 Å². The van der Waals surface area contributed by atoms with Crippen molar-refractivity contribution in [2.75, 3.05) is 43.1 Å². The van der Waals surface area contributed by atoms with Gasteiger partial charge in [0.05, 0.1) is 18.9 Å². The molecule has 2 aliphatic heterocycles. The summed E-state index contributed by atoms with van der Waals surface area (Å²) in [4.78, 5) is 42.2. The van der Waals surface area contributed by atoms with E-state index in [1.165, 1.54) is 12.5 Å². The van der Waals surface area contributed by atoms with Crippen molar-refractivity contribution < 1.29 is 14.3 Å². The Hall–Kier alpha value is -3.85. The van der Waals surface area contributed by atoms with Crippen LogP contribution in [0.5, 0.6) is 0 Å². The molecule has 0 bridgehead atoms. The van der Waals surface area contributed by atoms with Gasteiger partial charge in [0.25, 0.3) is 5.91 Å². The fourth-order valence-electron chi connectivity index (χ4n) is 4.98. The fraction of sp³-hybridized carbons (Fsp3) is 0.346. The molecule has 4 heterocycles. The average Bonchev–Trinajstić information content (AvgIpc) is 3.60. The van der Waals surface area contributed by atoms with Crippen molar-refractivity contribution in [3.05, 3.63) is 60.0 Å². The summed E-state index contributed by atoms with van der Waals surface area (Å²) in [6.07, 6.45) is 7.41. The van der Waals surface area contributed by atoms with Crippen molar-refractivity contribution in [2.24, 2.45) is 0 Å². The molecule has 2 aromatic heterocycles. The predicted molar refractivity (Wildman–Crippen MR) is 131 cm³/mol. The summed E-state index contributed by atoms with van der Waals surface area (Å²) in [5.74, 6) is 0.504. The Bertz CT molecular complexity index is 1300. The van der Waals surface area contributed by atoms with Gasteiger partial charge in [0.2, 0.25) is 11.9 Å². The number of pyridine rings is 1. The first-order chi connectivity index (χ1) is 17.0. The van der Waals surface area contributed by atoms with Crippen molar-refractivity contribution in [3.63, 3.8) is 0 Å². The standard InChI is InChI=1S/C26H26N6O3/c1-17(33)30-20-4-7-27-22(13-20)19-14-28-25(29-15-19)32-16-26(5-6-26)21-3-2-18(12-23(21)32)24(34)31-8-10-35-11-9-31/h2-4,7,12-15H,5-6,8-11,16H2,1H3,(H,27,30,33). The maximum absolute atomic E-state index is 13.1. The highest BCUT2D eigenvalue weighted by molar-refractivity contribution is 5.96. The summed E-state index contributed by atoms with van der Waals surface area (Å²) in [5.41, 5.74) is 5.22. The molecule has 0 atom stereocenters. The molecule has 6 rings (SSSR count). The number of aromatic nitrogens is 3. The zero-order chi connectivity index (χ0) is 24.0. The van der Waals surface area contributed by atoms with Crippen LogP contribution in [0.15, 0.2) is 48.9 Å². The highest BCUT2D eigenvalue weighted by Gasteiger charge is 2.52. The normalized spacial score (nSPS) is 17.9. The second kappa shape index (κ2) is 8.42. The summed E-state index contributed by atoms with van der Waals surface area (Å²) in [6, 6.07) is 9.61. The number of rotatable bonds is 4. The summed E-state index contributed by atoms with van der Waals surface area (Å²) >= 11 is 0. The lowest BCUT2D eigenvalue weighted by Crippen LogP contribution is -2.40. The molecule has 3 aliphatic rings. The topological polar surface area (TPSA) is 101 Å². The molecule has 9 nitrogen and oxygen atoms in total. The summed E-state index contributed by atoms with van der Waals surface area (Å²) in [7, 11) is 0. The number of benzene rings is 1. The number of ether oxygens (including phenoxy) is 1. The number of hydrogen-bond acceptors (Lipinski definition) is 7. The molecule has 0 unspecified atom stereocenters. The molecule has 9 heteroatoms. The molecule has 2 amide bonds. The quantitative estimate of drug-likeness (QED) is 0.625. The van der Waals surface area contributed by atoms with Crippen LogP contribution in [-0.4, -0.2) is 64.5 Å². The van der Waals surface area contributed by atoms with Gasteiger partial charge in [-0.3, -0.25) is 14.6 Å². The lowest BCUT2D eigenvalue weighted by molar-refractivity contribution is -0.114. The van der Waals surface area contributed by atoms with Gasteiger partial charge in [-0.15, -0.1) is 0 Å². The molecule has 1 N–H and O–H groups in total. The molecule has 1 spiro atoms. The van der Waals surface area contributed by atoms with E-state index >= 15 is 0 Å². The molecule has 1 saturated carbocycles. The van der Waals surface area contributed by atoms with Crippen LogP contribution in [0.4, 0.5) is 17.3 Å². The van der Waals surface area contributed by atoms with Gasteiger partial charge in [-0.05, 0) is 42.7 Å². The zero-order valence-corrected chi connectivity index (χ0v) is 19.5. The van der Waals surface area contributed by atoms with Crippen LogP contribution in [0.1, 0.15) is 35.7 Å². The van der Waals surface area contributed by atoms with Crippen LogP contribution < -0.4 is 10.2 Å². The van der Waals surface area contributed by atoms with Gasteiger partial charge in [-0.25, -0.2) is 9.97 Å². The van der Waals surface area contributed by atoms with Crippen LogP contribution in [-0.2, 0) is 14.9 Å². The molecule has 1 aliphatic carbocycles. The van der Waals surface area contributed by atoms with Gasteiger partial charge in [-0.2, -0.15) is 0 Å². The third kappa shape index (κ3) is 4.01. The highest BCUT2D eigenvalue weighted by atomic mass is 16.5. The van der Waals surface area contributed by atoms with Crippen LogP contribution in [0.25, 0.3) is 11.3 Å². The molecule has 0 radical (unpaired) electrons. The minimum Gasteiger partial charge on any atom is -0.378 e. The Labute approximate surface area is 203 Å². The number of carbonyl (C=O) groups is 2. The molecule has 35 heavy (non-hydrogen) atoms. The van der Waals surface area contributed by atoms with Gasteiger partial charge in [-0.1, -0.05) is 6.07 Å².